The van der Waals surface area contributed by atoms with Crippen LogP contribution in [0.5, 0.6) is 0 Å². The van der Waals surface area contributed by atoms with E-state index in [1.165, 1.54) is 0 Å². The summed E-state index contributed by atoms with van der Waals surface area (Å²) in [4.78, 5) is 12.1. The topological polar surface area (TPSA) is 46.9 Å². The second kappa shape index (κ2) is 5.45. The summed E-state index contributed by atoms with van der Waals surface area (Å²) < 4.78 is 1.90. The molecular formula is C13H21N3O. The molecule has 0 aromatic carbocycles. The number of nitrogens with zero attached hydrogens (tertiary/aromatic N) is 2. The minimum Gasteiger partial charge on any atom is -0.316 e. The number of piperidine rings is 1. The molecule has 2 rings (SSSR count). The van der Waals surface area contributed by atoms with Crippen molar-refractivity contribution >= 4 is 5.78 Å². The number of carbonyl (C=O) groups excluding carboxylic acids is 1. The number of nitrogens with one attached hydrogen (secondary N) is 1. The molecule has 4 heteroatoms. The fourth-order valence-corrected chi connectivity index (χ4v) is 2.21. The second-order valence-electron chi connectivity index (χ2n) is 5.07. The molecule has 4 nitrogen and oxygen atoms in total. The molecule has 1 unspecified atom stereocenters. The van der Waals surface area contributed by atoms with Gasteiger partial charge in [0.05, 0.1) is 12.1 Å². The molecule has 1 saturated heterocycles. The van der Waals surface area contributed by atoms with Crippen LogP contribution in [0, 0.1) is 5.92 Å². The molecule has 0 aliphatic carbocycles. The van der Waals surface area contributed by atoms with E-state index >= 15 is 0 Å². The number of aromatic nitrogens is 2. The molecule has 0 spiro atoms. The van der Waals surface area contributed by atoms with Crippen molar-refractivity contribution in [2.45, 2.75) is 39.2 Å². The second-order valence-corrected chi connectivity index (χ2v) is 5.07. The molecule has 1 aliphatic rings. The van der Waals surface area contributed by atoms with Crippen LogP contribution in [0.25, 0.3) is 0 Å². The molecule has 0 saturated carbocycles. The number of ketones is 1. The van der Waals surface area contributed by atoms with Gasteiger partial charge in [-0.25, -0.2) is 0 Å². The molecule has 1 atom stereocenters. The zero-order valence-electron chi connectivity index (χ0n) is 10.6. The standard InChI is InChI=1S/C13H21N3O/c1-10(2)16-7-5-12(15-16)8-13(17)11-4-3-6-14-9-11/h5,7,10-11,14H,3-4,6,8-9H2,1-2H3. The molecule has 0 amide bonds. The Balaban J connectivity index is 1.92. The number of rotatable bonds is 4. The average Bonchev–Trinajstić information content (AvgIpc) is 2.79. The predicted octanol–water partition coefficient (Wildman–Crippen LogP) is 1.58. The van der Waals surface area contributed by atoms with Gasteiger partial charge in [-0.3, -0.25) is 9.48 Å². The van der Waals surface area contributed by atoms with Gasteiger partial charge < -0.3 is 5.32 Å². The van der Waals surface area contributed by atoms with Gasteiger partial charge in [0.2, 0.25) is 0 Å². The van der Waals surface area contributed by atoms with Crippen molar-refractivity contribution in [3.05, 3.63) is 18.0 Å². The fraction of sp³-hybridized carbons (Fsp3) is 0.692. The Labute approximate surface area is 102 Å². The van der Waals surface area contributed by atoms with Gasteiger partial charge in [-0.05, 0) is 39.3 Å². The Hall–Kier alpha value is -1.16. The summed E-state index contributed by atoms with van der Waals surface area (Å²) in [6, 6.07) is 2.31. The highest BCUT2D eigenvalue weighted by Crippen LogP contribution is 2.14. The van der Waals surface area contributed by atoms with Gasteiger partial charge in [0.25, 0.3) is 0 Å². The Morgan fingerprint density at radius 3 is 3.06 bits per heavy atom. The van der Waals surface area contributed by atoms with E-state index in [2.05, 4.69) is 24.3 Å². The maximum absolute atomic E-state index is 12.1. The van der Waals surface area contributed by atoms with Crippen molar-refractivity contribution in [2.75, 3.05) is 13.1 Å². The molecule has 2 heterocycles. The first kappa shape index (κ1) is 12.3. The van der Waals surface area contributed by atoms with Crippen LogP contribution in [-0.2, 0) is 11.2 Å². The largest absolute Gasteiger partial charge is 0.316 e. The van der Waals surface area contributed by atoms with Crippen molar-refractivity contribution in [2.24, 2.45) is 5.92 Å². The molecular weight excluding hydrogens is 214 g/mol. The van der Waals surface area contributed by atoms with E-state index in [0.29, 0.717) is 18.2 Å². The Morgan fingerprint density at radius 1 is 1.65 bits per heavy atom. The molecule has 1 aliphatic heterocycles. The molecule has 0 bridgehead atoms. The Kier molecular flexibility index (Phi) is 3.94. The summed E-state index contributed by atoms with van der Waals surface area (Å²) in [5.41, 5.74) is 0.897. The first-order valence-corrected chi connectivity index (χ1v) is 6.44. The van der Waals surface area contributed by atoms with Crippen LogP contribution in [0.2, 0.25) is 0 Å². The van der Waals surface area contributed by atoms with Crippen LogP contribution in [0.1, 0.15) is 38.4 Å². The normalized spacial score (nSPS) is 20.8. The zero-order chi connectivity index (χ0) is 12.3. The Morgan fingerprint density at radius 2 is 2.47 bits per heavy atom. The zero-order valence-corrected chi connectivity index (χ0v) is 10.6. The lowest BCUT2D eigenvalue weighted by Gasteiger charge is -2.21. The SMILES string of the molecule is CC(C)n1ccc(CC(=O)C2CCCNC2)n1. The van der Waals surface area contributed by atoms with Gasteiger partial charge in [-0.1, -0.05) is 0 Å². The Bertz CT molecular complexity index is 378. The van der Waals surface area contributed by atoms with E-state index < -0.39 is 0 Å². The number of carbonyl (C=O) groups is 1. The minimum atomic E-state index is 0.188. The van der Waals surface area contributed by atoms with Gasteiger partial charge in [0, 0.05) is 24.7 Å². The predicted molar refractivity (Wildman–Crippen MR) is 66.9 cm³/mol. The van der Waals surface area contributed by atoms with Crippen molar-refractivity contribution in [1.82, 2.24) is 15.1 Å². The van der Waals surface area contributed by atoms with Gasteiger partial charge in [-0.2, -0.15) is 5.10 Å². The average molecular weight is 235 g/mol. The molecule has 17 heavy (non-hydrogen) atoms. The van der Waals surface area contributed by atoms with Crippen LogP contribution in [0.3, 0.4) is 0 Å². The van der Waals surface area contributed by atoms with Crippen LogP contribution in [-0.4, -0.2) is 28.7 Å². The molecule has 1 aromatic rings. The molecule has 94 valence electrons. The smallest absolute Gasteiger partial charge is 0.143 e. The van der Waals surface area contributed by atoms with Gasteiger partial charge in [0.1, 0.15) is 5.78 Å². The summed E-state index contributed by atoms with van der Waals surface area (Å²) in [7, 11) is 0. The minimum absolute atomic E-state index is 0.188. The molecule has 1 fully saturated rings. The van der Waals surface area contributed by atoms with E-state index in [9.17, 15) is 4.79 Å². The highest BCUT2D eigenvalue weighted by atomic mass is 16.1. The monoisotopic (exact) mass is 235 g/mol. The number of hydrogen-bond donors (Lipinski definition) is 1. The third kappa shape index (κ3) is 3.16. The fourth-order valence-electron chi connectivity index (χ4n) is 2.21. The first-order valence-electron chi connectivity index (χ1n) is 6.44. The van der Waals surface area contributed by atoms with Crippen LogP contribution < -0.4 is 5.32 Å². The van der Waals surface area contributed by atoms with Crippen LogP contribution in [0.15, 0.2) is 12.3 Å². The van der Waals surface area contributed by atoms with Crippen molar-refractivity contribution in [3.63, 3.8) is 0 Å². The lowest BCUT2D eigenvalue weighted by atomic mass is 9.93. The highest BCUT2D eigenvalue weighted by Gasteiger charge is 2.21. The number of Topliss-reactive ketones (excluding diaryl/α,β-unsaturated/α-hetero) is 1. The van der Waals surface area contributed by atoms with E-state index in [1.807, 2.05) is 16.9 Å². The molecule has 1 aromatic heterocycles. The summed E-state index contributed by atoms with van der Waals surface area (Å²) in [6.07, 6.45) is 4.56. The summed E-state index contributed by atoms with van der Waals surface area (Å²) in [5.74, 6) is 0.513. The van der Waals surface area contributed by atoms with Crippen LogP contribution in [0.4, 0.5) is 0 Å². The summed E-state index contributed by atoms with van der Waals surface area (Å²) in [6.45, 7) is 6.06. The summed E-state index contributed by atoms with van der Waals surface area (Å²) in [5, 5.41) is 7.70. The number of hydrogen-bond acceptors (Lipinski definition) is 3. The lowest BCUT2D eigenvalue weighted by Crippen LogP contribution is -2.35. The third-order valence-corrected chi connectivity index (χ3v) is 3.30. The molecule has 1 N–H and O–H groups in total. The van der Waals surface area contributed by atoms with E-state index in [0.717, 1.165) is 31.6 Å². The lowest BCUT2D eigenvalue weighted by molar-refractivity contribution is -0.122. The van der Waals surface area contributed by atoms with E-state index in [-0.39, 0.29) is 5.92 Å². The maximum atomic E-state index is 12.1. The van der Waals surface area contributed by atoms with Crippen molar-refractivity contribution in [3.8, 4) is 0 Å². The molecule has 0 radical (unpaired) electrons. The van der Waals surface area contributed by atoms with Gasteiger partial charge >= 0.3 is 0 Å². The highest BCUT2D eigenvalue weighted by molar-refractivity contribution is 5.83. The van der Waals surface area contributed by atoms with E-state index in [1.54, 1.807) is 0 Å². The van der Waals surface area contributed by atoms with Gasteiger partial charge in [0.15, 0.2) is 0 Å². The van der Waals surface area contributed by atoms with Crippen molar-refractivity contribution < 1.29 is 4.79 Å². The van der Waals surface area contributed by atoms with Crippen LogP contribution >= 0.6 is 0 Å². The first-order chi connectivity index (χ1) is 8.16. The quantitative estimate of drug-likeness (QED) is 0.862. The van der Waals surface area contributed by atoms with Gasteiger partial charge in [-0.15, -0.1) is 0 Å². The summed E-state index contributed by atoms with van der Waals surface area (Å²) >= 11 is 0. The third-order valence-electron chi connectivity index (χ3n) is 3.30. The maximum Gasteiger partial charge on any atom is 0.143 e. The van der Waals surface area contributed by atoms with E-state index in [4.69, 9.17) is 0 Å². The van der Waals surface area contributed by atoms with Crippen molar-refractivity contribution in [1.29, 1.82) is 0 Å².